The highest BCUT2D eigenvalue weighted by Gasteiger charge is 2.26. The fourth-order valence-corrected chi connectivity index (χ4v) is 3.46. The van der Waals surface area contributed by atoms with Gasteiger partial charge in [0.15, 0.2) is 0 Å². The number of hydrogen-bond acceptors (Lipinski definition) is 3. The lowest BCUT2D eigenvalue weighted by Crippen LogP contribution is -2.35. The molecular formula is C18H16ClN3O3. The van der Waals surface area contributed by atoms with E-state index >= 15 is 0 Å². The zero-order chi connectivity index (χ0) is 17.6. The molecule has 0 saturated heterocycles. The summed E-state index contributed by atoms with van der Waals surface area (Å²) in [6, 6.07) is 7.05. The molecule has 0 aliphatic carbocycles. The van der Waals surface area contributed by atoms with Crippen molar-refractivity contribution in [3.63, 3.8) is 0 Å². The van der Waals surface area contributed by atoms with E-state index in [1.165, 1.54) is 7.11 Å². The van der Waals surface area contributed by atoms with Gasteiger partial charge in [-0.05, 0) is 24.3 Å². The number of methoxy groups -OCH3 is 1. The van der Waals surface area contributed by atoms with Crippen molar-refractivity contribution in [1.82, 2.24) is 14.9 Å². The summed E-state index contributed by atoms with van der Waals surface area (Å²) in [5.74, 6) is -0.461. The number of carbonyl (C=O) groups excluding carboxylic acids is 2. The third kappa shape index (κ3) is 2.68. The summed E-state index contributed by atoms with van der Waals surface area (Å²) in [7, 11) is 1.36. The van der Waals surface area contributed by atoms with Gasteiger partial charge in [0.2, 0.25) is 0 Å². The zero-order valence-electron chi connectivity index (χ0n) is 13.6. The molecule has 3 aromatic rings. The van der Waals surface area contributed by atoms with Crippen LogP contribution in [0.2, 0.25) is 5.02 Å². The normalized spacial score (nSPS) is 13.8. The van der Waals surface area contributed by atoms with E-state index in [0.29, 0.717) is 29.4 Å². The van der Waals surface area contributed by atoms with Gasteiger partial charge in [-0.25, -0.2) is 4.79 Å². The summed E-state index contributed by atoms with van der Waals surface area (Å²) in [6.45, 7) is 1.11. The molecule has 1 amide bonds. The number of carbonyl (C=O) groups is 2. The van der Waals surface area contributed by atoms with E-state index in [4.69, 9.17) is 16.3 Å². The Morgan fingerprint density at radius 3 is 2.84 bits per heavy atom. The molecule has 0 fully saturated rings. The summed E-state index contributed by atoms with van der Waals surface area (Å²) in [4.78, 5) is 32.5. The van der Waals surface area contributed by atoms with Crippen LogP contribution < -0.4 is 0 Å². The third-order valence-corrected chi connectivity index (χ3v) is 4.78. The van der Waals surface area contributed by atoms with Crippen LogP contribution in [0.15, 0.2) is 30.5 Å². The van der Waals surface area contributed by atoms with Crippen molar-refractivity contribution in [1.29, 1.82) is 0 Å². The second-order valence-electron chi connectivity index (χ2n) is 6.04. The zero-order valence-corrected chi connectivity index (χ0v) is 14.3. The van der Waals surface area contributed by atoms with Gasteiger partial charge < -0.3 is 19.6 Å². The largest absolute Gasteiger partial charge is 0.465 e. The first kappa shape index (κ1) is 15.8. The van der Waals surface area contributed by atoms with E-state index in [1.54, 1.807) is 23.2 Å². The molecule has 25 heavy (non-hydrogen) atoms. The van der Waals surface area contributed by atoms with Crippen LogP contribution in [0.1, 0.15) is 32.1 Å². The lowest BCUT2D eigenvalue weighted by atomic mass is 10.0. The van der Waals surface area contributed by atoms with Crippen molar-refractivity contribution in [2.24, 2.45) is 0 Å². The van der Waals surface area contributed by atoms with Crippen molar-refractivity contribution in [3.8, 4) is 0 Å². The van der Waals surface area contributed by atoms with E-state index in [9.17, 15) is 9.59 Å². The number of aromatic nitrogens is 2. The van der Waals surface area contributed by atoms with Crippen LogP contribution in [-0.2, 0) is 17.7 Å². The van der Waals surface area contributed by atoms with Gasteiger partial charge in [0.25, 0.3) is 5.91 Å². The number of hydrogen-bond donors (Lipinski definition) is 2. The molecule has 7 heteroatoms. The van der Waals surface area contributed by atoms with Gasteiger partial charge >= 0.3 is 5.97 Å². The van der Waals surface area contributed by atoms with Gasteiger partial charge in [-0.1, -0.05) is 11.6 Å². The number of nitrogens with one attached hydrogen (secondary N) is 2. The number of rotatable bonds is 2. The highest BCUT2D eigenvalue weighted by Crippen LogP contribution is 2.29. The maximum Gasteiger partial charge on any atom is 0.337 e. The Labute approximate surface area is 148 Å². The molecule has 2 N–H and O–H groups in total. The minimum atomic E-state index is -0.374. The molecule has 0 unspecified atom stereocenters. The average molecular weight is 358 g/mol. The summed E-state index contributed by atoms with van der Waals surface area (Å²) in [5, 5.41) is 1.45. The number of nitrogens with zero attached hydrogens (tertiary/aromatic N) is 1. The molecule has 0 saturated carbocycles. The van der Waals surface area contributed by atoms with Crippen LogP contribution in [0.25, 0.3) is 10.9 Å². The quantitative estimate of drug-likeness (QED) is 0.692. The van der Waals surface area contributed by atoms with Crippen LogP contribution in [-0.4, -0.2) is 40.4 Å². The minimum absolute atomic E-state index is 0.0870. The van der Waals surface area contributed by atoms with Gasteiger partial charge in [0.05, 0.1) is 17.7 Å². The predicted octanol–water partition coefficient (Wildman–Crippen LogP) is 3.13. The standard InChI is InChI=1S/C18H16ClN3O3/c1-25-18(24)10-2-3-14-12(6-10)13-9-22(5-4-15(13)21-14)17(23)16-7-11(19)8-20-16/h2-3,6-8,20-21H,4-5,9H2,1H3. The highest BCUT2D eigenvalue weighted by molar-refractivity contribution is 6.30. The smallest absolute Gasteiger partial charge is 0.337 e. The number of amides is 1. The molecule has 3 heterocycles. The van der Waals surface area contributed by atoms with E-state index in [0.717, 1.165) is 28.6 Å². The molecule has 0 spiro atoms. The fourth-order valence-electron chi connectivity index (χ4n) is 3.29. The van der Waals surface area contributed by atoms with Crippen LogP contribution in [0.5, 0.6) is 0 Å². The van der Waals surface area contributed by atoms with E-state index < -0.39 is 0 Å². The van der Waals surface area contributed by atoms with Crippen LogP contribution in [0.4, 0.5) is 0 Å². The number of benzene rings is 1. The van der Waals surface area contributed by atoms with Crippen LogP contribution >= 0.6 is 11.6 Å². The molecular weight excluding hydrogens is 342 g/mol. The van der Waals surface area contributed by atoms with Gasteiger partial charge in [0.1, 0.15) is 5.69 Å². The van der Waals surface area contributed by atoms with Crippen LogP contribution in [0.3, 0.4) is 0 Å². The summed E-state index contributed by atoms with van der Waals surface area (Å²) in [5.41, 5.74) is 4.07. The van der Waals surface area contributed by atoms with E-state index in [2.05, 4.69) is 9.97 Å². The van der Waals surface area contributed by atoms with Crippen molar-refractivity contribution in [2.45, 2.75) is 13.0 Å². The minimum Gasteiger partial charge on any atom is -0.465 e. The molecule has 1 aromatic carbocycles. The molecule has 6 nitrogen and oxygen atoms in total. The number of halogens is 1. The highest BCUT2D eigenvalue weighted by atomic mass is 35.5. The third-order valence-electron chi connectivity index (χ3n) is 4.56. The Hall–Kier alpha value is -2.73. The summed E-state index contributed by atoms with van der Waals surface area (Å²) < 4.78 is 4.80. The Bertz CT molecular complexity index is 989. The van der Waals surface area contributed by atoms with Crippen LogP contribution in [0, 0.1) is 0 Å². The van der Waals surface area contributed by atoms with Gasteiger partial charge in [-0.15, -0.1) is 0 Å². The molecule has 0 radical (unpaired) electrons. The first-order valence-electron chi connectivity index (χ1n) is 7.92. The Morgan fingerprint density at radius 2 is 2.12 bits per heavy atom. The maximum atomic E-state index is 12.7. The molecule has 2 aromatic heterocycles. The Morgan fingerprint density at radius 1 is 1.28 bits per heavy atom. The topological polar surface area (TPSA) is 78.2 Å². The molecule has 1 aliphatic heterocycles. The molecule has 0 bridgehead atoms. The van der Waals surface area contributed by atoms with Gasteiger partial charge in [0, 0.05) is 47.9 Å². The summed E-state index contributed by atoms with van der Waals surface area (Å²) >= 11 is 5.90. The number of ether oxygens (including phenoxy) is 1. The number of fused-ring (bicyclic) bond motifs is 3. The molecule has 4 rings (SSSR count). The van der Waals surface area contributed by atoms with Crippen molar-refractivity contribution < 1.29 is 14.3 Å². The van der Waals surface area contributed by atoms with Gasteiger partial charge in [-0.3, -0.25) is 4.79 Å². The second-order valence-corrected chi connectivity index (χ2v) is 6.48. The maximum absolute atomic E-state index is 12.7. The molecule has 0 atom stereocenters. The fraction of sp³-hybridized carbons (Fsp3) is 0.222. The first-order chi connectivity index (χ1) is 12.1. The predicted molar refractivity (Wildman–Crippen MR) is 93.9 cm³/mol. The van der Waals surface area contributed by atoms with E-state index in [1.807, 2.05) is 12.1 Å². The molecule has 1 aliphatic rings. The number of aromatic amines is 2. The Balaban J connectivity index is 1.69. The lowest BCUT2D eigenvalue weighted by molar-refractivity contribution is 0.0600. The SMILES string of the molecule is COC(=O)c1ccc2[nH]c3c(c2c1)CN(C(=O)c1cc(Cl)c[nH]1)CC3. The van der Waals surface area contributed by atoms with Gasteiger partial charge in [-0.2, -0.15) is 0 Å². The summed E-state index contributed by atoms with van der Waals surface area (Å²) in [6.07, 6.45) is 2.33. The lowest BCUT2D eigenvalue weighted by Gasteiger charge is -2.27. The van der Waals surface area contributed by atoms with Crippen molar-refractivity contribution in [3.05, 3.63) is 58.0 Å². The Kier molecular flexibility index (Phi) is 3.77. The average Bonchev–Trinajstić information content (AvgIpc) is 3.22. The monoisotopic (exact) mass is 357 g/mol. The van der Waals surface area contributed by atoms with Crippen molar-refractivity contribution >= 4 is 34.4 Å². The second kappa shape index (κ2) is 5.97. The molecule has 128 valence electrons. The first-order valence-corrected chi connectivity index (χ1v) is 8.29. The van der Waals surface area contributed by atoms with Crippen molar-refractivity contribution in [2.75, 3.05) is 13.7 Å². The number of H-pyrrole nitrogens is 2. The number of esters is 1. The van der Waals surface area contributed by atoms with E-state index in [-0.39, 0.29) is 11.9 Å².